The topological polar surface area (TPSA) is 79.6 Å². The Hall–Kier alpha value is -1.34. The van der Waals surface area contributed by atoms with Gasteiger partial charge in [0, 0.05) is 20.1 Å². The highest BCUT2D eigenvalue weighted by atomic mass is 32.2. The lowest BCUT2D eigenvalue weighted by Gasteiger charge is -2.27. The van der Waals surface area contributed by atoms with Gasteiger partial charge in [-0.25, -0.2) is 12.7 Å². The first-order valence-electron chi connectivity index (χ1n) is 7.14. The van der Waals surface area contributed by atoms with Gasteiger partial charge in [0.2, 0.25) is 5.09 Å². The van der Waals surface area contributed by atoms with E-state index < -0.39 is 10.0 Å². The molecule has 2 atom stereocenters. The Bertz CT molecular complexity index is 606. The van der Waals surface area contributed by atoms with Crippen molar-refractivity contribution in [1.82, 2.24) is 9.62 Å². The van der Waals surface area contributed by atoms with Crippen LogP contribution in [0.25, 0.3) is 0 Å². The molecule has 0 unspecified atom stereocenters. The first-order chi connectivity index (χ1) is 9.80. The number of hydrogen-bond donors (Lipinski definition) is 1. The van der Waals surface area contributed by atoms with Crippen LogP contribution in [0.3, 0.4) is 0 Å². The number of hydrogen-bond acceptors (Lipinski definition) is 4. The number of amides is 1. The van der Waals surface area contributed by atoms with E-state index in [0.29, 0.717) is 5.92 Å². The molecule has 1 saturated carbocycles. The number of nitrogens with zero attached hydrogens (tertiary/aromatic N) is 1. The van der Waals surface area contributed by atoms with Crippen LogP contribution >= 0.6 is 0 Å². The molecule has 0 saturated heterocycles. The first-order valence-corrected chi connectivity index (χ1v) is 8.58. The second kappa shape index (κ2) is 6.19. The molecule has 0 spiro atoms. The monoisotopic (exact) mass is 314 g/mol. The van der Waals surface area contributed by atoms with Crippen molar-refractivity contribution in [2.75, 3.05) is 14.1 Å². The highest BCUT2D eigenvalue weighted by molar-refractivity contribution is 7.88. The second-order valence-corrected chi connectivity index (χ2v) is 7.93. The van der Waals surface area contributed by atoms with Crippen LogP contribution in [0.1, 0.15) is 43.2 Å². The molecule has 0 radical (unpaired) electrons. The van der Waals surface area contributed by atoms with E-state index in [9.17, 15) is 13.2 Å². The third-order valence-electron chi connectivity index (χ3n) is 3.81. The molecule has 1 amide bonds. The fourth-order valence-electron chi connectivity index (χ4n) is 2.58. The highest BCUT2D eigenvalue weighted by Crippen LogP contribution is 2.24. The molecule has 1 aliphatic rings. The van der Waals surface area contributed by atoms with Crippen LogP contribution in [0.4, 0.5) is 0 Å². The summed E-state index contributed by atoms with van der Waals surface area (Å²) in [6.07, 6.45) is 4.21. The van der Waals surface area contributed by atoms with E-state index in [1.807, 2.05) is 0 Å². The molecule has 0 aromatic carbocycles. The largest absolute Gasteiger partial charge is 0.438 e. The van der Waals surface area contributed by atoms with Gasteiger partial charge in [0.15, 0.2) is 5.76 Å². The second-order valence-electron chi connectivity index (χ2n) is 5.85. The van der Waals surface area contributed by atoms with Gasteiger partial charge in [-0.05, 0) is 30.9 Å². The van der Waals surface area contributed by atoms with Crippen molar-refractivity contribution in [1.29, 1.82) is 0 Å². The van der Waals surface area contributed by atoms with Gasteiger partial charge in [0.05, 0.1) is 0 Å². The summed E-state index contributed by atoms with van der Waals surface area (Å²) in [5.41, 5.74) is 0. The van der Waals surface area contributed by atoms with Crippen molar-refractivity contribution in [3.05, 3.63) is 17.9 Å². The maximum atomic E-state index is 12.1. The molecular weight excluding hydrogens is 292 g/mol. The summed E-state index contributed by atoms with van der Waals surface area (Å²) in [6, 6.07) is 2.85. The zero-order valence-electron chi connectivity index (χ0n) is 12.6. The SMILES string of the molecule is C[C@@H]1CCC[C@H](NC(=O)c2ccc(S(=O)(=O)N(C)C)o2)C1. The van der Waals surface area contributed by atoms with Crippen molar-refractivity contribution < 1.29 is 17.6 Å². The molecule has 21 heavy (non-hydrogen) atoms. The van der Waals surface area contributed by atoms with Crippen molar-refractivity contribution in [2.24, 2.45) is 5.92 Å². The molecule has 1 fully saturated rings. The summed E-state index contributed by atoms with van der Waals surface area (Å²) in [5.74, 6) is 0.285. The number of furan rings is 1. The van der Waals surface area contributed by atoms with Crippen LogP contribution in [0, 0.1) is 5.92 Å². The normalized spacial score (nSPS) is 23.2. The van der Waals surface area contributed by atoms with Crippen LogP contribution < -0.4 is 5.32 Å². The van der Waals surface area contributed by atoms with Gasteiger partial charge in [-0.1, -0.05) is 19.8 Å². The molecular formula is C14H22N2O4S. The minimum absolute atomic E-state index is 0.0358. The molecule has 0 aliphatic heterocycles. The Labute approximate surface area is 125 Å². The van der Waals surface area contributed by atoms with Crippen LogP contribution in [0.2, 0.25) is 0 Å². The van der Waals surface area contributed by atoms with Crippen LogP contribution in [0.5, 0.6) is 0 Å². The zero-order valence-corrected chi connectivity index (χ0v) is 13.4. The van der Waals surface area contributed by atoms with Crippen molar-refractivity contribution in [2.45, 2.75) is 43.7 Å². The molecule has 1 aromatic heterocycles. The summed E-state index contributed by atoms with van der Waals surface area (Å²) < 4.78 is 30.1. The Morgan fingerprint density at radius 3 is 2.67 bits per heavy atom. The van der Waals surface area contributed by atoms with Crippen molar-refractivity contribution in [3.8, 4) is 0 Å². The molecule has 7 heteroatoms. The molecule has 118 valence electrons. The van der Waals surface area contributed by atoms with Gasteiger partial charge >= 0.3 is 0 Å². The summed E-state index contributed by atoms with van der Waals surface area (Å²) >= 11 is 0. The quantitative estimate of drug-likeness (QED) is 0.919. The first kappa shape index (κ1) is 16.0. The average molecular weight is 314 g/mol. The summed E-state index contributed by atoms with van der Waals surface area (Å²) in [4.78, 5) is 12.1. The lowest BCUT2D eigenvalue weighted by molar-refractivity contribution is 0.0887. The molecule has 6 nitrogen and oxygen atoms in total. The van der Waals surface area contributed by atoms with Crippen molar-refractivity contribution >= 4 is 15.9 Å². The van der Waals surface area contributed by atoms with Crippen molar-refractivity contribution in [3.63, 3.8) is 0 Å². The van der Waals surface area contributed by atoms with Crippen LogP contribution in [-0.2, 0) is 10.0 Å². The number of sulfonamides is 1. The summed E-state index contributed by atoms with van der Waals surface area (Å²) in [7, 11) is -0.809. The van der Waals surface area contributed by atoms with Gasteiger partial charge in [0.1, 0.15) is 0 Å². The Morgan fingerprint density at radius 1 is 1.33 bits per heavy atom. The standard InChI is InChI=1S/C14H22N2O4S/c1-10-5-4-6-11(9-10)15-14(17)12-7-8-13(20-12)21(18,19)16(2)3/h7-8,10-11H,4-6,9H2,1-3H3,(H,15,17)/t10-,11+/m1/s1. The molecule has 1 heterocycles. The number of nitrogens with one attached hydrogen (secondary N) is 1. The summed E-state index contributed by atoms with van der Waals surface area (Å²) in [5, 5.41) is 2.71. The van der Waals surface area contributed by atoms with E-state index in [2.05, 4.69) is 12.2 Å². The summed E-state index contributed by atoms with van der Waals surface area (Å²) in [6.45, 7) is 2.17. The third kappa shape index (κ3) is 3.65. The number of rotatable bonds is 4. The molecule has 0 bridgehead atoms. The highest BCUT2D eigenvalue weighted by Gasteiger charge is 2.25. The van der Waals surface area contributed by atoms with Gasteiger partial charge in [-0.2, -0.15) is 0 Å². The lowest BCUT2D eigenvalue weighted by atomic mass is 9.87. The van der Waals surface area contributed by atoms with E-state index >= 15 is 0 Å². The smallest absolute Gasteiger partial charge is 0.287 e. The molecule has 1 N–H and O–H groups in total. The molecule has 1 aliphatic carbocycles. The van der Waals surface area contributed by atoms with E-state index in [1.54, 1.807) is 0 Å². The van der Waals surface area contributed by atoms with Gasteiger partial charge in [-0.15, -0.1) is 0 Å². The maximum absolute atomic E-state index is 12.1. The number of carbonyl (C=O) groups is 1. The predicted octanol–water partition coefficient (Wildman–Crippen LogP) is 1.84. The van der Waals surface area contributed by atoms with E-state index in [1.165, 1.54) is 32.6 Å². The zero-order chi connectivity index (χ0) is 15.6. The average Bonchev–Trinajstić information content (AvgIpc) is 2.88. The van der Waals surface area contributed by atoms with Gasteiger partial charge in [-0.3, -0.25) is 4.79 Å². The van der Waals surface area contributed by atoms with E-state index in [4.69, 9.17) is 4.42 Å². The predicted molar refractivity (Wildman–Crippen MR) is 78.5 cm³/mol. The minimum Gasteiger partial charge on any atom is -0.438 e. The molecule has 2 rings (SSSR count). The van der Waals surface area contributed by atoms with Crippen LogP contribution in [-0.4, -0.2) is 38.8 Å². The van der Waals surface area contributed by atoms with E-state index in [0.717, 1.165) is 23.6 Å². The molecule has 1 aromatic rings. The fraction of sp³-hybridized carbons (Fsp3) is 0.643. The Balaban J connectivity index is 2.06. The van der Waals surface area contributed by atoms with Crippen LogP contribution in [0.15, 0.2) is 21.6 Å². The third-order valence-corrected chi connectivity index (χ3v) is 5.50. The minimum atomic E-state index is -3.64. The van der Waals surface area contributed by atoms with Gasteiger partial charge in [0.25, 0.3) is 15.9 Å². The fourth-order valence-corrected chi connectivity index (χ4v) is 3.38. The maximum Gasteiger partial charge on any atom is 0.287 e. The lowest BCUT2D eigenvalue weighted by Crippen LogP contribution is -2.37. The van der Waals surface area contributed by atoms with E-state index in [-0.39, 0.29) is 22.8 Å². The van der Waals surface area contributed by atoms with Gasteiger partial charge < -0.3 is 9.73 Å². The Morgan fingerprint density at radius 2 is 2.05 bits per heavy atom. The Kier molecular flexibility index (Phi) is 4.73. The number of carbonyl (C=O) groups excluding carboxylic acids is 1.